The predicted molar refractivity (Wildman–Crippen MR) is 106 cm³/mol. The summed E-state index contributed by atoms with van der Waals surface area (Å²) in [6.07, 6.45) is 0.315. The van der Waals surface area contributed by atoms with E-state index in [9.17, 15) is 13.5 Å². The average molecular weight is 385 g/mol. The van der Waals surface area contributed by atoms with Gasteiger partial charge in [-0.25, -0.2) is 13.1 Å². The number of aliphatic hydroxyl groups is 1. The first-order chi connectivity index (χ1) is 12.8. The molecule has 0 spiro atoms. The zero-order valence-corrected chi connectivity index (χ0v) is 16.2. The lowest BCUT2D eigenvalue weighted by molar-refractivity contribution is 0.0657. The molecule has 0 fully saturated rings. The predicted octanol–water partition coefficient (Wildman–Crippen LogP) is 3.12. The van der Waals surface area contributed by atoms with Crippen molar-refractivity contribution in [3.05, 3.63) is 72.3 Å². The summed E-state index contributed by atoms with van der Waals surface area (Å²) in [6, 6.07) is 19.8. The molecule has 0 aliphatic carbocycles. The van der Waals surface area contributed by atoms with Gasteiger partial charge in [-0.2, -0.15) is 0 Å². The van der Waals surface area contributed by atoms with Gasteiger partial charge in [-0.05, 0) is 36.1 Å². The first kappa shape index (κ1) is 19.4. The van der Waals surface area contributed by atoms with E-state index >= 15 is 0 Å². The van der Waals surface area contributed by atoms with E-state index in [1.807, 2.05) is 42.5 Å². The SMILES string of the molecule is COc1ccc(C[C@@](C)(O)CNS(=O)(=O)c2cccc3ccccc23)cc1. The molecule has 0 radical (unpaired) electrons. The van der Waals surface area contributed by atoms with Crippen molar-refractivity contribution >= 4 is 20.8 Å². The monoisotopic (exact) mass is 385 g/mol. The molecule has 3 aromatic rings. The molecule has 0 bridgehead atoms. The van der Waals surface area contributed by atoms with Crippen LogP contribution in [0, 0.1) is 0 Å². The fraction of sp³-hybridized carbons (Fsp3) is 0.238. The fourth-order valence-corrected chi connectivity index (χ4v) is 4.39. The van der Waals surface area contributed by atoms with Gasteiger partial charge in [0.25, 0.3) is 0 Å². The first-order valence-corrected chi connectivity index (χ1v) is 10.1. The molecule has 6 heteroatoms. The van der Waals surface area contributed by atoms with E-state index in [1.54, 1.807) is 38.3 Å². The van der Waals surface area contributed by atoms with Crippen LogP contribution in [-0.2, 0) is 16.4 Å². The number of rotatable bonds is 7. The summed E-state index contributed by atoms with van der Waals surface area (Å²) >= 11 is 0. The Labute approximate surface area is 159 Å². The van der Waals surface area contributed by atoms with Crippen molar-refractivity contribution in [2.24, 2.45) is 0 Å². The zero-order chi connectivity index (χ0) is 19.5. The molecule has 0 saturated carbocycles. The Bertz CT molecular complexity index is 1020. The molecule has 5 nitrogen and oxygen atoms in total. The molecule has 27 heavy (non-hydrogen) atoms. The maximum Gasteiger partial charge on any atom is 0.241 e. The first-order valence-electron chi connectivity index (χ1n) is 8.63. The van der Waals surface area contributed by atoms with Crippen LogP contribution in [0.15, 0.2) is 71.6 Å². The minimum Gasteiger partial charge on any atom is -0.497 e. The van der Waals surface area contributed by atoms with Gasteiger partial charge in [-0.1, -0.05) is 48.5 Å². The maximum atomic E-state index is 12.8. The van der Waals surface area contributed by atoms with E-state index in [4.69, 9.17) is 4.74 Å². The van der Waals surface area contributed by atoms with Crippen molar-refractivity contribution in [2.75, 3.05) is 13.7 Å². The highest BCUT2D eigenvalue weighted by molar-refractivity contribution is 7.89. The summed E-state index contributed by atoms with van der Waals surface area (Å²) in [5.41, 5.74) is -0.336. The number of hydrogen-bond acceptors (Lipinski definition) is 4. The van der Waals surface area contributed by atoms with E-state index in [2.05, 4.69) is 4.72 Å². The lowest BCUT2D eigenvalue weighted by Gasteiger charge is -2.24. The summed E-state index contributed by atoms with van der Waals surface area (Å²) < 4.78 is 33.2. The number of hydrogen-bond donors (Lipinski definition) is 2. The van der Waals surface area contributed by atoms with Gasteiger partial charge in [-0.15, -0.1) is 0 Å². The smallest absolute Gasteiger partial charge is 0.241 e. The number of nitrogens with one attached hydrogen (secondary N) is 1. The molecule has 3 aromatic carbocycles. The van der Waals surface area contributed by atoms with Gasteiger partial charge in [0, 0.05) is 18.4 Å². The highest BCUT2D eigenvalue weighted by Crippen LogP contribution is 2.23. The minimum atomic E-state index is -3.75. The number of benzene rings is 3. The van der Waals surface area contributed by atoms with Crippen LogP contribution in [0.3, 0.4) is 0 Å². The van der Waals surface area contributed by atoms with Crippen molar-refractivity contribution < 1.29 is 18.3 Å². The fourth-order valence-electron chi connectivity index (χ4n) is 3.00. The summed E-state index contributed by atoms with van der Waals surface area (Å²) in [7, 11) is -2.16. The highest BCUT2D eigenvalue weighted by Gasteiger charge is 2.25. The molecule has 3 rings (SSSR count). The molecule has 0 saturated heterocycles. The third kappa shape index (κ3) is 4.66. The normalized spacial score (nSPS) is 14.0. The molecule has 0 heterocycles. The standard InChI is InChI=1S/C21H23NO4S/c1-21(23,14-16-10-12-18(26-2)13-11-16)15-22-27(24,25)20-9-5-7-17-6-3-4-8-19(17)20/h3-13,22-23H,14-15H2,1-2H3/t21-/m1/s1. The number of methoxy groups -OCH3 is 1. The molecule has 2 N–H and O–H groups in total. The third-order valence-corrected chi connectivity index (χ3v) is 5.89. The van der Waals surface area contributed by atoms with E-state index < -0.39 is 15.6 Å². The van der Waals surface area contributed by atoms with Crippen LogP contribution in [0.5, 0.6) is 5.75 Å². The Morgan fingerprint density at radius 2 is 1.67 bits per heavy atom. The van der Waals surface area contributed by atoms with Gasteiger partial charge >= 0.3 is 0 Å². The van der Waals surface area contributed by atoms with E-state index in [0.717, 1.165) is 16.7 Å². The second kappa shape index (κ2) is 7.68. The molecule has 1 atom stereocenters. The van der Waals surface area contributed by atoms with Gasteiger partial charge in [0.15, 0.2) is 0 Å². The second-order valence-electron chi connectivity index (χ2n) is 6.82. The lowest BCUT2D eigenvalue weighted by atomic mass is 9.97. The van der Waals surface area contributed by atoms with Gasteiger partial charge in [0.05, 0.1) is 17.6 Å². The Kier molecular flexibility index (Phi) is 5.51. The molecule has 0 aliphatic heterocycles. The van der Waals surface area contributed by atoms with Gasteiger partial charge in [0.1, 0.15) is 5.75 Å². The van der Waals surface area contributed by atoms with Crippen LogP contribution in [-0.4, -0.2) is 32.8 Å². The molecular weight excluding hydrogens is 362 g/mol. The zero-order valence-electron chi connectivity index (χ0n) is 15.3. The minimum absolute atomic E-state index is 0.0927. The van der Waals surface area contributed by atoms with Gasteiger partial charge in [-0.3, -0.25) is 0 Å². The lowest BCUT2D eigenvalue weighted by Crippen LogP contribution is -2.42. The highest BCUT2D eigenvalue weighted by atomic mass is 32.2. The summed E-state index contributed by atoms with van der Waals surface area (Å²) in [4.78, 5) is 0.209. The maximum absolute atomic E-state index is 12.8. The molecule has 0 amide bonds. The van der Waals surface area contributed by atoms with Crippen LogP contribution in [0.25, 0.3) is 10.8 Å². The number of ether oxygens (including phenoxy) is 1. The van der Waals surface area contributed by atoms with Crippen LogP contribution in [0.4, 0.5) is 0 Å². The van der Waals surface area contributed by atoms with Crippen molar-refractivity contribution in [3.8, 4) is 5.75 Å². The molecule has 0 aromatic heterocycles. The molecule has 0 aliphatic rings. The Morgan fingerprint density at radius 1 is 1.00 bits per heavy atom. The molecule has 142 valence electrons. The average Bonchev–Trinajstić information content (AvgIpc) is 2.66. The van der Waals surface area contributed by atoms with Crippen molar-refractivity contribution in [3.63, 3.8) is 0 Å². The van der Waals surface area contributed by atoms with Gasteiger partial charge in [0.2, 0.25) is 10.0 Å². The van der Waals surface area contributed by atoms with Crippen LogP contribution in [0.2, 0.25) is 0 Å². The van der Waals surface area contributed by atoms with Crippen LogP contribution in [0.1, 0.15) is 12.5 Å². The third-order valence-electron chi connectivity index (χ3n) is 4.43. The molecule has 0 unspecified atom stereocenters. The quantitative estimate of drug-likeness (QED) is 0.655. The van der Waals surface area contributed by atoms with Crippen molar-refractivity contribution in [1.29, 1.82) is 0 Å². The topological polar surface area (TPSA) is 75.6 Å². The van der Waals surface area contributed by atoms with Crippen LogP contribution >= 0.6 is 0 Å². The summed E-state index contributed by atoms with van der Waals surface area (Å²) in [5.74, 6) is 0.732. The van der Waals surface area contributed by atoms with Gasteiger partial charge < -0.3 is 9.84 Å². The number of sulfonamides is 1. The van der Waals surface area contributed by atoms with Crippen molar-refractivity contribution in [1.82, 2.24) is 4.72 Å². The van der Waals surface area contributed by atoms with E-state index in [1.165, 1.54) is 0 Å². The largest absolute Gasteiger partial charge is 0.497 e. The number of fused-ring (bicyclic) bond motifs is 1. The Morgan fingerprint density at radius 3 is 2.37 bits per heavy atom. The Hall–Kier alpha value is -2.41. The van der Waals surface area contributed by atoms with E-state index in [-0.39, 0.29) is 11.4 Å². The van der Waals surface area contributed by atoms with Crippen LogP contribution < -0.4 is 9.46 Å². The molecular formula is C21H23NO4S. The Balaban J connectivity index is 1.75. The summed E-state index contributed by atoms with van der Waals surface area (Å²) in [6.45, 7) is 1.52. The second-order valence-corrected chi connectivity index (χ2v) is 8.56. The van der Waals surface area contributed by atoms with Crippen molar-refractivity contribution in [2.45, 2.75) is 23.8 Å². The van der Waals surface area contributed by atoms with E-state index in [0.29, 0.717) is 11.8 Å². The summed E-state index contributed by atoms with van der Waals surface area (Å²) in [5, 5.41) is 12.2.